The van der Waals surface area contributed by atoms with Crippen molar-refractivity contribution in [1.29, 1.82) is 0 Å². The lowest BCUT2D eigenvalue weighted by atomic mass is 10.0. The molecule has 3 rings (SSSR count). The van der Waals surface area contributed by atoms with Crippen molar-refractivity contribution in [3.63, 3.8) is 0 Å². The predicted molar refractivity (Wildman–Crippen MR) is 91.1 cm³/mol. The number of rotatable bonds is 3. The lowest BCUT2D eigenvalue weighted by Crippen LogP contribution is -2.53. The number of nitrogens with zero attached hydrogens (tertiary/aromatic N) is 2. The molecule has 0 radical (unpaired) electrons. The highest BCUT2D eigenvalue weighted by Gasteiger charge is 2.30. The lowest BCUT2D eigenvalue weighted by molar-refractivity contribution is -0.0865. The van der Waals surface area contributed by atoms with Crippen LogP contribution in [0.3, 0.4) is 0 Å². The molecular formula is C19H30N2O. The molecule has 2 aliphatic rings. The number of likely N-dealkylation sites (tertiary alicyclic amines) is 1. The van der Waals surface area contributed by atoms with Gasteiger partial charge in [0.05, 0.1) is 12.2 Å². The summed E-state index contributed by atoms with van der Waals surface area (Å²) in [5.41, 5.74) is 2.79. The standard InChI is InChI=1S/C19H30N2O/c1-15-4-6-18(7-5-15)14-20-10-8-19(9-11-20)21-12-16(2)22-17(3)13-21/h4-7,16-17,19H,8-14H2,1-3H3/t16-,17+. The zero-order chi connectivity index (χ0) is 15.5. The predicted octanol–water partition coefficient (Wildman–Crippen LogP) is 3.07. The molecule has 3 nitrogen and oxygen atoms in total. The van der Waals surface area contributed by atoms with Crippen molar-refractivity contribution in [3.05, 3.63) is 35.4 Å². The summed E-state index contributed by atoms with van der Waals surface area (Å²) >= 11 is 0. The monoisotopic (exact) mass is 302 g/mol. The first-order valence-corrected chi connectivity index (χ1v) is 8.77. The fraction of sp³-hybridized carbons (Fsp3) is 0.684. The van der Waals surface area contributed by atoms with Crippen molar-refractivity contribution in [2.75, 3.05) is 26.2 Å². The third-order valence-electron chi connectivity index (χ3n) is 5.05. The molecule has 2 atom stereocenters. The SMILES string of the molecule is Cc1ccc(CN2CCC(N3C[C@@H](C)O[C@@H](C)C3)CC2)cc1. The van der Waals surface area contributed by atoms with Gasteiger partial charge in [-0.3, -0.25) is 9.80 Å². The number of hydrogen-bond acceptors (Lipinski definition) is 3. The Morgan fingerprint density at radius 1 is 1.00 bits per heavy atom. The average Bonchev–Trinajstić information content (AvgIpc) is 2.49. The van der Waals surface area contributed by atoms with Crippen LogP contribution in [0, 0.1) is 6.92 Å². The van der Waals surface area contributed by atoms with Crippen molar-refractivity contribution in [1.82, 2.24) is 9.80 Å². The first-order chi connectivity index (χ1) is 10.6. The zero-order valence-electron chi connectivity index (χ0n) is 14.3. The highest BCUT2D eigenvalue weighted by atomic mass is 16.5. The van der Waals surface area contributed by atoms with E-state index in [2.05, 4.69) is 54.8 Å². The van der Waals surface area contributed by atoms with Crippen LogP contribution in [0.25, 0.3) is 0 Å². The third-order valence-corrected chi connectivity index (χ3v) is 5.05. The summed E-state index contributed by atoms with van der Waals surface area (Å²) in [6.07, 6.45) is 3.36. The summed E-state index contributed by atoms with van der Waals surface area (Å²) in [6, 6.07) is 9.74. The molecule has 0 saturated carbocycles. The Morgan fingerprint density at radius 2 is 1.59 bits per heavy atom. The summed E-state index contributed by atoms with van der Waals surface area (Å²) in [4.78, 5) is 5.27. The van der Waals surface area contributed by atoms with Gasteiger partial charge in [-0.25, -0.2) is 0 Å². The smallest absolute Gasteiger partial charge is 0.0678 e. The van der Waals surface area contributed by atoms with Crippen LogP contribution in [-0.4, -0.2) is 54.2 Å². The fourth-order valence-corrected chi connectivity index (χ4v) is 3.91. The van der Waals surface area contributed by atoms with Gasteiger partial charge < -0.3 is 4.74 Å². The van der Waals surface area contributed by atoms with Crippen molar-refractivity contribution in [2.24, 2.45) is 0 Å². The average molecular weight is 302 g/mol. The molecule has 0 unspecified atom stereocenters. The second-order valence-corrected chi connectivity index (χ2v) is 7.20. The minimum absolute atomic E-state index is 0.384. The summed E-state index contributed by atoms with van der Waals surface area (Å²) in [7, 11) is 0. The van der Waals surface area contributed by atoms with E-state index in [1.54, 1.807) is 0 Å². The molecule has 2 fully saturated rings. The summed E-state index contributed by atoms with van der Waals surface area (Å²) in [5, 5.41) is 0. The Balaban J connectivity index is 1.48. The quantitative estimate of drug-likeness (QED) is 0.853. The maximum absolute atomic E-state index is 5.86. The molecule has 0 bridgehead atoms. The topological polar surface area (TPSA) is 15.7 Å². The lowest BCUT2D eigenvalue weighted by Gasteiger charge is -2.43. The van der Waals surface area contributed by atoms with Crippen LogP contribution in [0.1, 0.15) is 37.8 Å². The van der Waals surface area contributed by atoms with Gasteiger partial charge in [0.25, 0.3) is 0 Å². The Bertz CT molecular complexity index is 455. The molecule has 3 heteroatoms. The van der Waals surface area contributed by atoms with Crippen molar-refractivity contribution < 1.29 is 4.74 Å². The van der Waals surface area contributed by atoms with Gasteiger partial charge >= 0.3 is 0 Å². The van der Waals surface area contributed by atoms with Gasteiger partial charge in [-0.05, 0) is 52.3 Å². The number of aryl methyl sites for hydroxylation is 1. The van der Waals surface area contributed by atoms with Crippen LogP contribution >= 0.6 is 0 Å². The molecule has 0 N–H and O–H groups in total. The third kappa shape index (κ3) is 4.09. The Kier molecular flexibility index (Phi) is 5.17. The van der Waals surface area contributed by atoms with Crippen LogP contribution in [-0.2, 0) is 11.3 Å². The highest BCUT2D eigenvalue weighted by molar-refractivity contribution is 5.21. The summed E-state index contributed by atoms with van der Waals surface area (Å²) < 4.78 is 5.86. The van der Waals surface area contributed by atoms with Crippen LogP contribution in [0.4, 0.5) is 0 Å². The molecule has 1 aromatic rings. The molecule has 22 heavy (non-hydrogen) atoms. The molecule has 2 saturated heterocycles. The normalized spacial score (nSPS) is 28.9. The largest absolute Gasteiger partial charge is 0.373 e. The van der Waals surface area contributed by atoms with E-state index in [4.69, 9.17) is 4.74 Å². The van der Waals surface area contributed by atoms with Gasteiger partial charge in [0, 0.05) is 25.7 Å². The Labute approximate surface area is 135 Å². The van der Waals surface area contributed by atoms with Crippen molar-refractivity contribution in [2.45, 2.75) is 58.4 Å². The highest BCUT2D eigenvalue weighted by Crippen LogP contribution is 2.22. The maximum atomic E-state index is 5.86. The molecular weight excluding hydrogens is 272 g/mol. The van der Waals surface area contributed by atoms with Crippen molar-refractivity contribution >= 4 is 0 Å². The molecule has 0 spiro atoms. The summed E-state index contributed by atoms with van der Waals surface area (Å²) in [6.45, 7) is 12.3. The maximum Gasteiger partial charge on any atom is 0.0678 e. The summed E-state index contributed by atoms with van der Waals surface area (Å²) in [5.74, 6) is 0. The van der Waals surface area contributed by atoms with Gasteiger partial charge in [0.1, 0.15) is 0 Å². The van der Waals surface area contributed by atoms with Gasteiger partial charge in [-0.15, -0.1) is 0 Å². The first kappa shape index (κ1) is 16.0. The van der Waals surface area contributed by atoms with Crippen LogP contribution < -0.4 is 0 Å². The van der Waals surface area contributed by atoms with E-state index >= 15 is 0 Å². The number of benzene rings is 1. The molecule has 0 aromatic heterocycles. The minimum atomic E-state index is 0.384. The number of morpholine rings is 1. The van der Waals surface area contributed by atoms with E-state index in [9.17, 15) is 0 Å². The molecule has 122 valence electrons. The van der Waals surface area contributed by atoms with E-state index in [-0.39, 0.29) is 0 Å². The van der Waals surface area contributed by atoms with E-state index in [1.165, 1.54) is 37.1 Å². The van der Waals surface area contributed by atoms with Crippen molar-refractivity contribution in [3.8, 4) is 0 Å². The zero-order valence-corrected chi connectivity index (χ0v) is 14.3. The first-order valence-electron chi connectivity index (χ1n) is 8.77. The van der Waals surface area contributed by atoms with Gasteiger partial charge in [-0.1, -0.05) is 29.8 Å². The van der Waals surface area contributed by atoms with E-state index < -0.39 is 0 Å². The second kappa shape index (κ2) is 7.12. The molecule has 2 aliphatic heterocycles. The number of hydrogen-bond donors (Lipinski definition) is 0. The van der Waals surface area contributed by atoms with Gasteiger partial charge in [0.15, 0.2) is 0 Å². The van der Waals surface area contributed by atoms with E-state index in [1.807, 2.05) is 0 Å². The molecule has 1 aromatic carbocycles. The van der Waals surface area contributed by atoms with E-state index in [0.717, 1.165) is 25.7 Å². The van der Waals surface area contributed by atoms with Gasteiger partial charge in [0.2, 0.25) is 0 Å². The molecule has 2 heterocycles. The Morgan fingerprint density at radius 3 is 2.18 bits per heavy atom. The second-order valence-electron chi connectivity index (χ2n) is 7.20. The van der Waals surface area contributed by atoms with E-state index in [0.29, 0.717) is 12.2 Å². The molecule has 0 amide bonds. The van der Waals surface area contributed by atoms with Gasteiger partial charge in [-0.2, -0.15) is 0 Å². The number of ether oxygens (including phenoxy) is 1. The minimum Gasteiger partial charge on any atom is -0.373 e. The fourth-order valence-electron chi connectivity index (χ4n) is 3.91. The Hall–Kier alpha value is -0.900. The molecule has 0 aliphatic carbocycles. The number of piperidine rings is 1. The van der Waals surface area contributed by atoms with Crippen LogP contribution in [0.2, 0.25) is 0 Å². The van der Waals surface area contributed by atoms with Crippen LogP contribution in [0.5, 0.6) is 0 Å². The van der Waals surface area contributed by atoms with Crippen LogP contribution in [0.15, 0.2) is 24.3 Å².